The molecule has 0 fully saturated rings. The van der Waals surface area contributed by atoms with Crippen molar-refractivity contribution in [3.63, 3.8) is 0 Å². The number of thiophene rings is 1. The molecule has 4 aromatic heterocycles. The molecule has 0 bridgehead atoms. The molecule has 4 nitrogen and oxygen atoms in total. The zero-order chi connectivity index (χ0) is 31.6. The summed E-state index contributed by atoms with van der Waals surface area (Å²) in [6, 6.07) is 44.2. The van der Waals surface area contributed by atoms with Gasteiger partial charge in [0.1, 0.15) is 11.2 Å². The van der Waals surface area contributed by atoms with E-state index >= 15 is 0 Å². The Hall–Kier alpha value is -5.91. The van der Waals surface area contributed by atoms with E-state index in [2.05, 4.69) is 97.1 Å². The number of hydrogen-bond donors (Lipinski definition) is 0. The van der Waals surface area contributed by atoms with Crippen LogP contribution in [-0.4, -0.2) is 15.0 Å². The first-order valence-electron chi connectivity index (χ1n) is 16.2. The van der Waals surface area contributed by atoms with E-state index in [0.29, 0.717) is 0 Å². The minimum atomic E-state index is 0.736. The van der Waals surface area contributed by atoms with Gasteiger partial charge in [-0.25, -0.2) is 15.0 Å². The zero-order valence-corrected chi connectivity index (χ0v) is 26.7. The summed E-state index contributed by atoms with van der Waals surface area (Å²) in [5.74, 6) is 0.736. The Balaban J connectivity index is 1.14. The molecule has 0 radical (unpaired) electrons. The van der Waals surface area contributed by atoms with Crippen LogP contribution in [-0.2, 0) is 0 Å². The summed E-state index contributed by atoms with van der Waals surface area (Å²) in [7, 11) is 0. The third kappa shape index (κ3) is 4.32. The molecular weight excluding hydrogens is 607 g/mol. The highest BCUT2D eigenvalue weighted by molar-refractivity contribution is 7.26. The summed E-state index contributed by atoms with van der Waals surface area (Å²) in [4.78, 5) is 15.6. The van der Waals surface area contributed by atoms with Gasteiger partial charge in [0.2, 0.25) is 0 Å². The second kappa shape index (κ2) is 10.8. The summed E-state index contributed by atoms with van der Waals surface area (Å²) >= 11 is 1.83. The largest absolute Gasteiger partial charge is 0.455 e. The molecule has 0 unspecified atom stereocenters. The predicted octanol–water partition coefficient (Wildman–Crippen LogP) is 11.9. The summed E-state index contributed by atoms with van der Waals surface area (Å²) in [6.45, 7) is 0. The van der Waals surface area contributed by atoms with Crippen LogP contribution in [0.1, 0.15) is 24.2 Å². The normalized spacial score (nSPS) is 13.5. The molecule has 0 N–H and O–H groups in total. The molecule has 0 aliphatic heterocycles. The first-order chi connectivity index (χ1) is 23.8. The summed E-state index contributed by atoms with van der Waals surface area (Å²) in [5, 5.41) is 5.77. The minimum absolute atomic E-state index is 0.736. The van der Waals surface area contributed by atoms with Crippen LogP contribution in [0, 0.1) is 0 Å². The third-order valence-corrected chi connectivity index (χ3v) is 10.7. The van der Waals surface area contributed by atoms with E-state index < -0.39 is 0 Å². The lowest BCUT2D eigenvalue weighted by Gasteiger charge is -2.17. The van der Waals surface area contributed by atoms with Crippen molar-refractivity contribution >= 4 is 75.5 Å². The van der Waals surface area contributed by atoms with Crippen molar-refractivity contribution in [1.82, 2.24) is 15.0 Å². The number of hydrogen-bond acceptors (Lipinski definition) is 5. The van der Waals surface area contributed by atoms with Crippen molar-refractivity contribution < 1.29 is 4.42 Å². The van der Waals surface area contributed by atoms with Crippen molar-refractivity contribution in [1.29, 1.82) is 0 Å². The zero-order valence-electron chi connectivity index (χ0n) is 25.9. The average Bonchev–Trinajstić information content (AvgIpc) is 3.74. The van der Waals surface area contributed by atoms with Crippen LogP contribution >= 0.6 is 11.3 Å². The molecule has 5 aromatic carbocycles. The van der Waals surface area contributed by atoms with Gasteiger partial charge in [0, 0.05) is 42.1 Å². The molecule has 48 heavy (non-hydrogen) atoms. The van der Waals surface area contributed by atoms with Crippen LogP contribution < -0.4 is 0 Å². The smallest absolute Gasteiger partial charge is 0.160 e. The van der Waals surface area contributed by atoms with Gasteiger partial charge < -0.3 is 4.42 Å². The Kier molecular flexibility index (Phi) is 6.14. The van der Waals surface area contributed by atoms with Gasteiger partial charge in [-0.3, -0.25) is 0 Å². The van der Waals surface area contributed by atoms with Crippen molar-refractivity contribution in [2.45, 2.75) is 12.8 Å². The van der Waals surface area contributed by atoms with Crippen LogP contribution in [0.2, 0.25) is 0 Å². The molecule has 1 aliphatic carbocycles. The molecule has 9 aromatic rings. The molecule has 0 spiro atoms. The third-order valence-electron chi connectivity index (χ3n) is 9.43. The van der Waals surface area contributed by atoms with E-state index in [0.717, 1.165) is 79.7 Å². The second-order valence-electron chi connectivity index (χ2n) is 12.3. The van der Waals surface area contributed by atoms with Crippen LogP contribution in [0.4, 0.5) is 0 Å². The fraction of sp³-hybridized carbons (Fsp3) is 0.0465. The number of allylic oxidation sites excluding steroid dienone is 4. The van der Waals surface area contributed by atoms with Crippen molar-refractivity contribution in [2.75, 3.05) is 0 Å². The SMILES string of the molecule is C1=C(c2cc(-c3cccc4c3sc3ccccc34)nc(-c3ccccc3)n2)CCC(c2nc3ccccc3c3oc4ccccc4c23)=C1. The Labute approximate surface area is 280 Å². The van der Waals surface area contributed by atoms with Gasteiger partial charge in [-0.2, -0.15) is 0 Å². The number of aromatic nitrogens is 3. The van der Waals surface area contributed by atoms with Gasteiger partial charge in [0.25, 0.3) is 0 Å². The highest BCUT2D eigenvalue weighted by atomic mass is 32.1. The highest BCUT2D eigenvalue weighted by Crippen LogP contribution is 2.42. The lowest BCUT2D eigenvalue weighted by molar-refractivity contribution is 0.672. The van der Waals surface area contributed by atoms with Crippen LogP contribution in [0.5, 0.6) is 0 Å². The maximum absolute atomic E-state index is 6.45. The fourth-order valence-corrected chi connectivity index (χ4v) is 8.33. The Morgan fingerprint density at radius 2 is 1.27 bits per heavy atom. The standard InChI is InChI=1S/C43H27N3OS/c1-2-11-28(12-3-1)43-45-35(25-36(46-43)32-17-10-16-30-29-13-6-9-20-38(29)48-42(30)32)26-21-23-27(24-22-26)40-39-33-15-5-8-19-37(33)47-41(39)31-14-4-7-18-34(31)44-40/h1-21,23,25H,22,24H2. The maximum atomic E-state index is 6.45. The molecule has 4 heterocycles. The summed E-state index contributed by atoms with van der Waals surface area (Å²) < 4.78 is 8.98. The lowest BCUT2D eigenvalue weighted by Crippen LogP contribution is -2.01. The van der Waals surface area contributed by atoms with Gasteiger partial charge in [0.05, 0.1) is 28.0 Å². The molecule has 0 saturated carbocycles. The van der Waals surface area contributed by atoms with E-state index in [1.54, 1.807) is 0 Å². The van der Waals surface area contributed by atoms with Crippen molar-refractivity contribution in [2.24, 2.45) is 0 Å². The van der Waals surface area contributed by atoms with E-state index in [1.807, 2.05) is 53.8 Å². The first-order valence-corrected chi connectivity index (χ1v) is 17.1. The number of fused-ring (bicyclic) bond motifs is 8. The highest BCUT2D eigenvalue weighted by Gasteiger charge is 2.22. The van der Waals surface area contributed by atoms with Gasteiger partial charge in [-0.1, -0.05) is 109 Å². The van der Waals surface area contributed by atoms with Crippen molar-refractivity contribution in [3.05, 3.63) is 151 Å². The molecule has 0 amide bonds. The van der Waals surface area contributed by atoms with Gasteiger partial charge >= 0.3 is 0 Å². The predicted molar refractivity (Wildman–Crippen MR) is 200 cm³/mol. The Morgan fingerprint density at radius 3 is 2.15 bits per heavy atom. The van der Waals surface area contributed by atoms with E-state index in [4.69, 9.17) is 19.4 Å². The molecule has 1 aliphatic rings. The summed E-state index contributed by atoms with van der Waals surface area (Å²) in [5.41, 5.74) is 10.2. The minimum Gasteiger partial charge on any atom is -0.455 e. The van der Waals surface area contributed by atoms with E-state index in [1.165, 1.54) is 31.3 Å². The fourth-order valence-electron chi connectivity index (χ4n) is 7.10. The molecule has 10 rings (SSSR count). The second-order valence-corrected chi connectivity index (χ2v) is 13.3. The number of pyridine rings is 1. The van der Waals surface area contributed by atoms with Crippen molar-refractivity contribution in [3.8, 4) is 22.6 Å². The van der Waals surface area contributed by atoms with E-state index in [9.17, 15) is 0 Å². The number of rotatable bonds is 4. The average molecular weight is 634 g/mol. The van der Waals surface area contributed by atoms with E-state index in [-0.39, 0.29) is 0 Å². The number of benzene rings is 5. The molecular formula is C43H27N3OS. The number of nitrogens with zero attached hydrogens (tertiary/aromatic N) is 3. The number of furan rings is 1. The Bertz CT molecular complexity index is 2790. The lowest BCUT2D eigenvalue weighted by atomic mass is 9.91. The quantitative estimate of drug-likeness (QED) is 0.193. The van der Waals surface area contributed by atoms with Crippen LogP contribution in [0.25, 0.3) is 86.8 Å². The van der Waals surface area contributed by atoms with Crippen LogP contribution in [0.3, 0.4) is 0 Å². The monoisotopic (exact) mass is 633 g/mol. The molecule has 226 valence electrons. The molecule has 0 saturated heterocycles. The first kappa shape index (κ1) is 27.2. The summed E-state index contributed by atoms with van der Waals surface area (Å²) in [6.07, 6.45) is 6.14. The molecule has 0 atom stereocenters. The van der Waals surface area contributed by atoms with Crippen LogP contribution in [0.15, 0.2) is 144 Å². The maximum Gasteiger partial charge on any atom is 0.160 e. The molecule has 5 heteroatoms. The number of para-hydroxylation sites is 2. The Morgan fingerprint density at radius 1 is 0.562 bits per heavy atom. The van der Waals surface area contributed by atoms with Gasteiger partial charge in [-0.15, -0.1) is 11.3 Å². The topological polar surface area (TPSA) is 51.8 Å². The van der Waals surface area contributed by atoms with Gasteiger partial charge in [0.15, 0.2) is 5.82 Å². The van der Waals surface area contributed by atoms with Gasteiger partial charge in [-0.05, 0) is 54.3 Å².